The number of fused-ring (bicyclic) bond motifs is 1. The minimum Gasteiger partial charge on any atom is -0.497 e. The SMILES string of the molecule is COc1ccc2c(c1)nc(N)n2C(C)C(C)(C)C. The molecule has 18 heavy (non-hydrogen) atoms. The van der Waals surface area contributed by atoms with Crippen molar-refractivity contribution in [2.75, 3.05) is 12.8 Å². The van der Waals surface area contributed by atoms with Gasteiger partial charge in [0, 0.05) is 12.1 Å². The predicted molar refractivity (Wildman–Crippen MR) is 74.9 cm³/mol. The number of hydrogen-bond acceptors (Lipinski definition) is 3. The predicted octanol–water partition coefficient (Wildman–Crippen LogP) is 3.23. The summed E-state index contributed by atoms with van der Waals surface area (Å²) < 4.78 is 7.30. The van der Waals surface area contributed by atoms with Crippen LogP contribution in [0.15, 0.2) is 18.2 Å². The summed E-state index contributed by atoms with van der Waals surface area (Å²) in [6.45, 7) is 8.77. The van der Waals surface area contributed by atoms with Crippen molar-refractivity contribution < 1.29 is 4.74 Å². The minimum atomic E-state index is 0.127. The van der Waals surface area contributed by atoms with Crippen LogP contribution in [-0.4, -0.2) is 16.7 Å². The zero-order valence-electron chi connectivity index (χ0n) is 11.7. The fourth-order valence-electron chi connectivity index (χ4n) is 2.02. The summed E-state index contributed by atoms with van der Waals surface area (Å²) in [5, 5.41) is 0. The van der Waals surface area contributed by atoms with Crippen LogP contribution in [0.3, 0.4) is 0 Å². The van der Waals surface area contributed by atoms with E-state index < -0.39 is 0 Å². The Labute approximate surface area is 108 Å². The van der Waals surface area contributed by atoms with Gasteiger partial charge in [-0.05, 0) is 24.5 Å². The lowest BCUT2D eigenvalue weighted by Gasteiger charge is -2.29. The van der Waals surface area contributed by atoms with Crippen LogP contribution in [0.2, 0.25) is 0 Å². The Balaban J connectivity index is 2.61. The molecule has 1 atom stereocenters. The first kappa shape index (κ1) is 12.7. The lowest BCUT2D eigenvalue weighted by Crippen LogP contribution is -2.22. The summed E-state index contributed by atoms with van der Waals surface area (Å²) in [6.07, 6.45) is 0. The molecule has 0 fully saturated rings. The second kappa shape index (κ2) is 4.19. The average Bonchev–Trinajstić information content (AvgIpc) is 2.61. The van der Waals surface area contributed by atoms with Crippen LogP contribution in [-0.2, 0) is 0 Å². The Hall–Kier alpha value is -1.71. The van der Waals surface area contributed by atoms with Gasteiger partial charge in [0.1, 0.15) is 5.75 Å². The van der Waals surface area contributed by atoms with Gasteiger partial charge in [-0.3, -0.25) is 0 Å². The van der Waals surface area contributed by atoms with Crippen LogP contribution in [0, 0.1) is 5.41 Å². The van der Waals surface area contributed by atoms with E-state index in [9.17, 15) is 0 Å². The van der Waals surface area contributed by atoms with Crippen molar-refractivity contribution in [2.45, 2.75) is 33.7 Å². The summed E-state index contributed by atoms with van der Waals surface area (Å²) in [5.41, 5.74) is 8.11. The summed E-state index contributed by atoms with van der Waals surface area (Å²) in [4.78, 5) is 4.42. The summed E-state index contributed by atoms with van der Waals surface area (Å²) in [6, 6.07) is 6.14. The maximum absolute atomic E-state index is 6.05. The van der Waals surface area contributed by atoms with Gasteiger partial charge in [0.2, 0.25) is 5.95 Å². The second-order valence-electron chi connectivity index (χ2n) is 5.74. The standard InChI is InChI=1S/C14H21N3O/c1-9(14(2,3)4)17-12-7-6-10(18-5)8-11(12)16-13(17)15/h6-9H,1-5H3,(H2,15,16). The molecule has 1 aromatic carbocycles. The number of nitrogens with two attached hydrogens (primary N) is 1. The number of nitrogens with zero attached hydrogens (tertiary/aromatic N) is 2. The van der Waals surface area contributed by atoms with Gasteiger partial charge in [0.15, 0.2) is 0 Å². The van der Waals surface area contributed by atoms with Crippen molar-refractivity contribution in [3.63, 3.8) is 0 Å². The van der Waals surface area contributed by atoms with Crippen molar-refractivity contribution in [3.05, 3.63) is 18.2 Å². The molecule has 0 radical (unpaired) electrons. The monoisotopic (exact) mass is 247 g/mol. The summed E-state index contributed by atoms with van der Waals surface area (Å²) >= 11 is 0. The number of aromatic nitrogens is 2. The minimum absolute atomic E-state index is 0.127. The molecule has 0 saturated carbocycles. The first-order valence-electron chi connectivity index (χ1n) is 6.16. The molecular weight excluding hydrogens is 226 g/mol. The smallest absolute Gasteiger partial charge is 0.201 e. The Morgan fingerprint density at radius 2 is 2.00 bits per heavy atom. The van der Waals surface area contributed by atoms with E-state index in [1.165, 1.54) is 0 Å². The molecule has 0 saturated heterocycles. The van der Waals surface area contributed by atoms with Crippen molar-refractivity contribution in [2.24, 2.45) is 5.41 Å². The molecule has 4 nitrogen and oxygen atoms in total. The van der Waals surface area contributed by atoms with Gasteiger partial charge in [-0.15, -0.1) is 0 Å². The zero-order valence-corrected chi connectivity index (χ0v) is 11.7. The molecule has 0 aliphatic rings. The largest absolute Gasteiger partial charge is 0.497 e. The zero-order chi connectivity index (χ0) is 13.5. The van der Waals surface area contributed by atoms with Crippen LogP contribution in [0.25, 0.3) is 11.0 Å². The maximum Gasteiger partial charge on any atom is 0.201 e. The van der Waals surface area contributed by atoms with E-state index in [0.717, 1.165) is 16.8 Å². The molecular formula is C14H21N3O. The fraction of sp³-hybridized carbons (Fsp3) is 0.500. The van der Waals surface area contributed by atoms with E-state index >= 15 is 0 Å². The Morgan fingerprint density at radius 3 is 2.56 bits per heavy atom. The molecule has 0 spiro atoms. The van der Waals surface area contributed by atoms with E-state index in [2.05, 4.69) is 37.2 Å². The van der Waals surface area contributed by atoms with Gasteiger partial charge in [0.05, 0.1) is 18.1 Å². The molecule has 0 aliphatic heterocycles. The summed E-state index contributed by atoms with van der Waals surface area (Å²) in [5.74, 6) is 1.36. The summed E-state index contributed by atoms with van der Waals surface area (Å²) in [7, 11) is 1.65. The maximum atomic E-state index is 6.05. The number of methoxy groups -OCH3 is 1. The third-order valence-corrected chi connectivity index (χ3v) is 3.56. The van der Waals surface area contributed by atoms with E-state index in [1.54, 1.807) is 7.11 Å². The fourth-order valence-corrected chi connectivity index (χ4v) is 2.02. The van der Waals surface area contributed by atoms with Crippen LogP contribution in [0.1, 0.15) is 33.7 Å². The molecule has 1 aromatic heterocycles. The van der Waals surface area contributed by atoms with Crippen LogP contribution in [0.5, 0.6) is 5.75 Å². The van der Waals surface area contributed by atoms with Gasteiger partial charge >= 0.3 is 0 Å². The van der Waals surface area contributed by atoms with Gasteiger partial charge in [-0.2, -0.15) is 0 Å². The Bertz CT molecular complexity index is 566. The lowest BCUT2D eigenvalue weighted by molar-refractivity contribution is 0.270. The molecule has 2 rings (SSSR count). The molecule has 1 heterocycles. The van der Waals surface area contributed by atoms with Gasteiger partial charge in [-0.1, -0.05) is 20.8 Å². The normalized spacial score (nSPS) is 13.8. The molecule has 4 heteroatoms. The molecule has 2 aromatic rings. The molecule has 1 unspecified atom stereocenters. The first-order chi connectivity index (χ1) is 8.34. The molecule has 98 valence electrons. The average molecular weight is 247 g/mol. The van der Waals surface area contributed by atoms with Gasteiger partial charge < -0.3 is 15.0 Å². The van der Waals surface area contributed by atoms with E-state index in [1.807, 2.05) is 18.2 Å². The highest BCUT2D eigenvalue weighted by Gasteiger charge is 2.25. The van der Waals surface area contributed by atoms with E-state index in [0.29, 0.717) is 5.95 Å². The van der Waals surface area contributed by atoms with E-state index in [-0.39, 0.29) is 11.5 Å². The Kier molecular flexibility index (Phi) is 2.97. The molecule has 0 bridgehead atoms. The van der Waals surface area contributed by atoms with Crippen molar-refractivity contribution in [3.8, 4) is 5.75 Å². The number of anilines is 1. The van der Waals surface area contributed by atoms with Gasteiger partial charge in [-0.25, -0.2) is 4.98 Å². The lowest BCUT2D eigenvalue weighted by atomic mass is 9.88. The number of imidazole rings is 1. The Morgan fingerprint density at radius 1 is 1.33 bits per heavy atom. The highest BCUT2D eigenvalue weighted by molar-refractivity contribution is 5.80. The molecule has 0 amide bonds. The number of ether oxygens (including phenoxy) is 1. The van der Waals surface area contributed by atoms with Crippen LogP contribution < -0.4 is 10.5 Å². The molecule has 2 N–H and O–H groups in total. The third kappa shape index (κ3) is 2.03. The number of rotatable bonds is 2. The first-order valence-corrected chi connectivity index (χ1v) is 6.16. The quantitative estimate of drug-likeness (QED) is 0.886. The topological polar surface area (TPSA) is 53.1 Å². The second-order valence-corrected chi connectivity index (χ2v) is 5.74. The third-order valence-electron chi connectivity index (χ3n) is 3.56. The van der Waals surface area contributed by atoms with Crippen molar-refractivity contribution >= 4 is 17.0 Å². The van der Waals surface area contributed by atoms with E-state index in [4.69, 9.17) is 10.5 Å². The highest BCUT2D eigenvalue weighted by atomic mass is 16.5. The number of nitrogen functional groups attached to an aromatic ring is 1. The molecule has 0 aliphatic carbocycles. The van der Waals surface area contributed by atoms with Crippen molar-refractivity contribution in [1.82, 2.24) is 9.55 Å². The van der Waals surface area contributed by atoms with Crippen molar-refractivity contribution in [1.29, 1.82) is 0 Å². The van der Waals surface area contributed by atoms with Gasteiger partial charge in [0.25, 0.3) is 0 Å². The highest BCUT2D eigenvalue weighted by Crippen LogP contribution is 2.35. The van der Waals surface area contributed by atoms with Crippen LogP contribution >= 0.6 is 0 Å². The van der Waals surface area contributed by atoms with Crippen LogP contribution in [0.4, 0.5) is 5.95 Å². The number of benzene rings is 1. The number of hydrogen-bond donors (Lipinski definition) is 1.